The number of carbonyl (C=O) groups excluding carboxylic acids is 1. The highest BCUT2D eigenvalue weighted by Crippen LogP contribution is 2.32. The number of rotatable bonds is 6. The molecule has 1 aromatic carbocycles. The molecule has 33 heavy (non-hydrogen) atoms. The van der Waals surface area contributed by atoms with Gasteiger partial charge in [0.1, 0.15) is 5.75 Å². The Balaban J connectivity index is 1.67. The maximum Gasteiger partial charge on any atom is 0.433 e. The van der Waals surface area contributed by atoms with E-state index < -0.39 is 17.8 Å². The Morgan fingerprint density at radius 3 is 2.52 bits per heavy atom. The second kappa shape index (κ2) is 8.85. The molecule has 172 valence electrons. The summed E-state index contributed by atoms with van der Waals surface area (Å²) in [6, 6.07) is 8.59. The molecule has 3 aromatic heterocycles. The molecule has 0 saturated heterocycles. The van der Waals surface area contributed by atoms with E-state index in [-0.39, 0.29) is 23.6 Å². The zero-order valence-corrected chi connectivity index (χ0v) is 19.1. The van der Waals surface area contributed by atoms with Gasteiger partial charge in [0.15, 0.2) is 17.0 Å². The number of aryl methyl sites for hydroxylation is 1. The Morgan fingerprint density at radius 2 is 1.91 bits per heavy atom. The molecular formula is C21H18BrF3N6O2. The summed E-state index contributed by atoms with van der Waals surface area (Å²) in [5, 5.41) is 10.8. The van der Waals surface area contributed by atoms with E-state index >= 15 is 0 Å². The number of halogens is 4. The summed E-state index contributed by atoms with van der Waals surface area (Å²) in [5.74, 6) is -0.0767. The Hall–Kier alpha value is -3.41. The lowest BCUT2D eigenvalue weighted by Crippen LogP contribution is -2.24. The molecule has 0 aliphatic carbocycles. The lowest BCUT2D eigenvalue weighted by Gasteiger charge is -2.11. The van der Waals surface area contributed by atoms with Crippen molar-refractivity contribution >= 4 is 27.5 Å². The molecule has 0 spiro atoms. The van der Waals surface area contributed by atoms with E-state index in [1.807, 2.05) is 6.92 Å². The van der Waals surface area contributed by atoms with Gasteiger partial charge in [0.25, 0.3) is 5.91 Å². The summed E-state index contributed by atoms with van der Waals surface area (Å²) in [4.78, 5) is 16.9. The standard InChI is InChI=1S/C21H18BrF3N6O2/c1-3-30-11-14(22)17(28-30)10-26-20(32)16-9-19-27-15(12-4-6-13(33-2)7-5-12)8-18(21(23,24)25)31(19)29-16/h4-9,11H,3,10H2,1-2H3,(H,26,32). The number of carbonyl (C=O) groups is 1. The zero-order chi connectivity index (χ0) is 23.8. The molecule has 3 heterocycles. The minimum Gasteiger partial charge on any atom is -0.497 e. The Bertz CT molecular complexity index is 1310. The van der Waals surface area contributed by atoms with Gasteiger partial charge in [-0.3, -0.25) is 9.48 Å². The fourth-order valence-corrected chi connectivity index (χ4v) is 3.63. The van der Waals surface area contributed by atoms with Crippen LogP contribution in [0.25, 0.3) is 16.9 Å². The molecule has 0 aliphatic heterocycles. The summed E-state index contributed by atoms with van der Waals surface area (Å²) in [6.45, 7) is 2.66. The van der Waals surface area contributed by atoms with Gasteiger partial charge >= 0.3 is 6.18 Å². The van der Waals surface area contributed by atoms with Gasteiger partial charge < -0.3 is 10.1 Å². The number of nitrogens with one attached hydrogen (secondary N) is 1. The molecule has 0 aliphatic rings. The molecule has 4 rings (SSSR count). The summed E-state index contributed by atoms with van der Waals surface area (Å²) in [7, 11) is 1.49. The first-order chi connectivity index (χ1) is 15.7. The van der Waals surface area contributed by atoms with Crippen LogP contribution in [0.1, 0.15) is 28.8 Å². The van der Waals surface area contributed by atoms with Crippen LogP contribution in [-0.2, 0) is 19.3 Å². The van der Waals surface area contributed by atoms with Crippen LogP contribution in [0.4, 0.5) is 13.2 Å². The topological polar surface area (TPSA) is 86.3 Å². The molecule has 0 fully saturated rings. The second-order valence-corrected chi connectivity index (χ2v) is 7.87. The van der Waals surface area contributed by atoms with E-state index in [0.717, 1.165) is 6.07 Å². The summed E-state index contributed by atoms with van der Waals surface area (Å²) < 4.78 is 49.4. The van der Waals surface area contributed by atoms with Crippen molar-refractivity contribution in [3.05, 3.63) is 64.1 Å². The van der Waals surface area contributed by atoms with Gasteiger partial charge in [0.2, 0.25) is 0 Å². The molecule has 0 atom stereocenters. The Labute approximate surface area is 194 Å². The third-order valence-electron chi connectivity index (χ3n) is 4.86. The van der Waals surface area contributed by atoms with Gasteiger partial charge in [-0.15, -0.1) is 0 Å². The van der Waals surface area contributed by atoms with Crippen molar-refractivity contribution in [1.29, 1.82) is 0 Å². The van der Waals surface area contributed by atoms with E-state index in [4.69, 9.17) is 4.74 Å². The highest BCUT2D eigenvalue weighted by atomic mass is 79.9. The van der Waals surface area contributed by atoms with Crippen molar-refractivity contribution < 1.29 is 22.7 Å². The molecule has 1 amide bonds. The molecule has 0 unspecified atom stereocenters. The predicted molar refractivity (Wildman–Crippen MR) is 117 cm³/mol. The molecule has 0 saturated carbocycles. The SMILES string of the molecule is CCn1cc(Br)c(CNC(=O)c2cc3nc(-c4ccc(OC)cc4)cc(C(F)(F)F)n3n2)n1. The van der Waals surface area contributed by atoms with Crippen LogP contribution in [0.2, 0.25) is 0 Å². The van der Waals surface area contributed by atoms with Crippen molar-refractivity contribution in [2.75, 3.05) is 7.11 Å². The number of hydrogen-bond donors (Lipinski definition) is 1. The summed E-state index contributed by atoms with van der Waals surface area (Å²) >= 11 is 3.37. The van der Waals surface area contributed by atoms with E-state index in [9.17, 15) is 18.0 Å². The lowest BCUT2D eigenvalue weighted by molar-refractivity contribution is -0.142. The fourth-order valence-electron chi connectivity index (χ4n) is 3.17. The maximum absolute atomic E-state index is 13.8. The third kappa shape index (κ3) is 4.70. The van der Waals surface area contributed by atoms with Crippen molar-refractivity contribution in [3.8, 4) is 17.0 Å². The predicted octanol–water partition coefficient (Wildman–Crippen LogP) is 4.33. The minimum absolute atomic E-state index is 0.0803. The highest BCUT2D eigenvalue weighted by Gasteiger charge is 2.35. The first-order valence-electron chi connectivity index (χ1n) is 9.82. The Morgan fingerprint density at radius 1 is 1.18 bits per heavy atom. The van der Waals surface area contributed by atoms with Crippen LogP contribution in [0.3, 0.4) is 0 Å². The number of hydrogen-bond acceptors (Lipinski definition) is 5. The van der Waals surface area contributed by atoms with Gasteiger partial charge in [-0.2, -0.15) is 23.4 Å². The van der Waals surface area contributed by atoms with Crippen LogP contribution < -0.4 is 10.1 Å². The number of aromatic nitrogens is 5. The largest absolute Gasteiger partial charge is 0.497 e. The first-order valence-corrected chi connectivity index (χ1v) is 10.6. The van der Waals surface area contributed by atoms with Crippen molar-refractivity contribution in [2.45, 2.75) is 26.2 Å². The van der Waals surface area contributed by atoms with Crippen LogP contribution >= 0.6 is 15.9 Å². The number of nitrogens with zero attached hydrogens (tertiary/aromatic N) is 5. The van der Waals surface area contributed by atoms with Crippen molar-refractivity contribution in [3.63, 3.8) is 0 Å². The molecule has 12 heteroatoms. The van der Waals surface area contributed by atoms with Crippen LogP contribution in [-0.4, -0.2) is 37.4 Å². The molecule has 0 bridgehead atoms. The molecule has 4 aromatic rings. The normalized spacial score (nSPS) is 11.7. The molecular weight excluding hydrogens is 505 g/mol. The van der Waals surface area contributed by atoms with Gasteiger partial charge in [-0.05, 0) is 53.2 Å². The number of benzene rings is 1. The number of fused-ring (bicyclic) bond motifs is 1. The van der Waals surface area contributed by atoms with Crippen LogP contribution in [0.5, 0.6) is 5.75 Å². The Kier molecular flexibility index (Phi) is 6.11. The molecule has 0 radical (unpaired) electrons. The van der Waals surface area contributed by atoms with Gasteiger partial charge in [0.05, 0.1) is 29.5 Å². The van der Waals surface area contributed by atoms with Gasteiger partial charge in [-0.25, -0.2) is 9.50 Å². The number of amides is 1. The lowest BCUT2D eigenvalue weighted by atomic mass is 10.1. The van der Waals surface area contributed by atoms with Gasteiger partial charge in [0, 0.05) is 24.4 Å². The summed E-state index contributed by atoms with van der Waals surface area (Å²) in [6.07, 6.45) is -2.94. The number of ether oxygens (including phenoxy) is 1. The van der Waals surface area contributed by atoms with Crippen LogP contribution in [0.15, 0.2) is 47.1 Å². The maximum atomic E-state index is 13.8. The zero-order valence-electron chi connectivity index (χ0n) is 17.5. The van der Waals surface area contributed by atoms with E-state index in [1.54, 1.807) is 35.1 Å². The smallest absolute Gasteiger partial charge is 0.433 e. The van der Waals surface area contributed by atoms with Crippen LogP contribution in [0, 0.1) is 0 Å². The number of methoxy groups -OCH3 is 1. The average molecular weight is 523 g/mol. The highest BCUT2D eigenvalue weighted by molar-refractivity contribution is 9.10. The van der Waals surface area contributed by atoms with E-state index in [2.05, 4.69) is 36.4 Å². The second-order valence-electron chi connectivity index (χ2n) is 7.01. The summed E-state index contributed by atoms with van der Waals surface area (Å²) in [5.41, 5.74) is -0.180. The third-order valence-corrected chi connectivity index (χ3v) is 5.53. The fraction of sp³-hybridized carbons (Fsp3) is 0.238. The van der Waals surface area contributed by atoms with E-state index in [1.165, 1.54) is 13.2 Å². The van der Waals surface area contributed by atoms with Crippen molar-refractivity contribution in [2.24, 2.45) is 0 Å². The molecule has 8 nitrogen and oxygen atoms in total. The van der Waals surface area contributed by atoms with Crippen molar-refractivity contribution in [1.82, 2.24) is 29.7 Å². The average Bonchev–Trinajstić information content (AvgIpc) is 3.39. The monoisotopic (exact) mass is 522 g/mol. The first kappa shape index (κ1) is 22.8. The van der Waals surface area contributed by atoms with Gasteiger partial charge in [-0.1, -0.05) is 0 Å². The minimum atomic E-state index is -4.71. The van der Waals surface area contributed by atoms with E-state index in [0.29, 0.717) is 32.5 Å². The molecule has 1 N–H and O–H groups in total. The quantitative estimate of drug-likeness (QED) is 0.407. The number of alkyl halides is 3.